The van der Waals surface area contributed by atoms with Crippen molar-refractivity contribution in [2.45, 2.75) is 65.5 Å². The molecular formula is C16H34N4. The summed E-state index contributed by atoms with van der Waals surface area (Å²) < 4.78 is 0. The fraction of sp³-hybridized carbons (Fsp3) is 0.938. The van der Waals surface area contributed by atoms with Crippen LogP contribution in [0.15, 0.2) is 4.99 Å². The first-order valence-corrected chi connectivity index (χ1v) is 8.02. The summed E-state index contributed by atoms with van der Waals surface area (Å²) in [4.78, 5) is 4.33. The molecular weight excluding hydrogens is 248 g/mol. The van der Waals surface area contributed by atoms with Crippen molar-refractivity contribution in [1.82, 2.24) is 16.0 Å². The highest BCUT2D eigenvalue weighted by molar-refractivity contribution is 5.79. The molecule has 0 bridgehead atoms. The number of rotatable bonds is 4. The summed E-state index contributed by atoms with van der Waals surface area (Å²) in [6.07, 6.45) is 3.87. The standard InChI is InChI=1S/C16H34N4/c1-12-9-13(2)11-14(10-12)20-15(17-6)18-7-8-19-16(3,4)5/h12-14,19H,7-11H2,1-6H3,(H2,17,18,20). The molecule has 0 spiro atoms. The molecule has 1 saturated carbocycles. The van der Waals surface area contributed by atoms with Crippen molar-refractivity contribution < 1.29 is 0 Å². The molecule has 0 heterocycles. The van der Waals surface area contributed by atoms with Crippen molar-refractivity contribution in [3.8, 4) is 0 Å². The molecule has 0 aromatic rings. The molecule has 0 aliphatic heterocycles. The average molecular weight is 282 g/mol. The van der Waals surface area contributed by atoms with Gasteiger partial charge in [0.05, 0.1) is 0 Å². The first-order chi connectivity index (χ1) is 9.30. The minimum atomic E-state index is 0.173. The van der Waals surface area contributed by atoms with Gasteiger partial charge in [-0.05, 0) is 51.9 Å². The number of hydrogen-bond acceptors (Lipinski definition) is 2. The maximum atomic E-state index is 4.33. The second-order valence-corrected chi connectivity index (χ2v) is 7.43. The van der Waals surface area contributed by atoms with Crippen LogP contribution >= 0.6 is 0 Å². The van der Waals surface area contributed by atoms with Gasteiger partial charge in [-0.1, -0.05) is 13.8 Å². The van der Waals surface area contributed by atoms with Crippen LogP contribution in [0.1, 0.15) is 53.9 Å². The van der Waals surface area contributed by atoms with E-state index in [1.807, 2.05) is 7.05 Å². The molecule has 4 nitrogen and oxygen atoms in total. The van der Waals surface area contributed by atoms with Gasteiger partial charge in [-0.15, -0.1) is 0 Å². The monoisotopic (exact) mass is 282 g/mol. The third-order valence-electron chi connectivity index (χ3n) is 3.82. The Labute approximate surface area is 125 Å². The first kappa shape index (κ1) is 17.3. The van der Waals surface area contributed by atoms with E-state index < -0.39 is 0 Å². The van der Waals surface area contributed by atoms with Crippen LogP contribution in [0.25, 0.3) is 0 Å². The molecule has 118 valence electrons. The van der Waals surface area contributed by atoms with Crippen molar-refractivity contribution in [1.29, 1.82) is 0 Å². The number of aliphatic imine (C=N–C) groups is 1. The van der Waals surface area contributed by atoms with Crippen LogP contribution in [0.2, 0.25) is 0 Å². The Morgan fingerprint density at radius 3 is 2.15 bits per heavy atom. The van der Waals surface area contributed by atoms with E-state index in [1.54, 1.807) is 0 Å². The molecule has 1 rings (SSSR count). The molecule has 2 atom stereocenters. The van der Waals surface area contributed by atoms with Crippen molar-refractivity contribution in [3.63, 3.8) is 0 Å². The molecule has 0 amide bonds. The normalized spacial score (nSPS) is 28.3. The second-order valence-electron chi connectivity index (χ2n) is 7.43. The lowest BCUT2D eigenvalue weighted by Gasteiger charge is -2.33. The van der Waals surface area contributed by atoms with Crippen LogP contribution in [0.4, 0.5) is 0 Å². The summed E-state index contributed by atoms with van der Waals surface area (Å²) in [5.41, 5.74) is 0.173. The summed E-state index contributed by atoms with van der Waals surface area (Å²) in [6, 6.07) is 0.565. The molecule has 1 aliphatic carbocycles. The zero-order chi connectivity index (χ0) is 15.2. The van der Waals surface area contributed by atoms with Crippen LogP contribution in [0, 0.1) is 11.8 Å². The summed E-state index contributed by atoms with van der Waals surface area (Å²) >= 11 is 0. The molecule has 3 N–H and O–H groups in total. The van der Waals surface area contributed by atoms with Crippen LogP contribution in [-0.2, 0) is 0 Å². The van der Waals surface area contributed by atoms with Gasteiger partial charge in [0, 0.05) is 31.7 Å². The Morgan fingerprint density at radius 2 is 1.65 bits per heavy atom. The second kappa shape index (κ2) is 7.87. The molecule has 1 aliphatic rings. The third-order valence-corrected chi connectivity index (χ3v) is 3.82. The first-order valence-electron chi connectivity index (χ1n) is 8.02. The van der Waals surface area contributed by atoms with Gasteiger partial charge < -0.3 is 16.0 Å². The Kier molecular flexibility index (Phi) is 6.80. The van der Waals surface area contributed by atoms with Gasteiger partial charge in [0.1, 0.15) is 0 Å². The Hall–Kier alpha value is -0.770. The van der Waals surface area contributed by atoms with Crippen LogP contribution in [0.3, 0.4) is 0 Å². The van der Waals surface area contributed by atoms with Gasteiger partial charge in [-0.3, -0.25) is 4.99 Å². The van der Waals surface area contributed by atoms with Gasteiger partial charge in [-0.25, -0.2) is 0 Å². The van der Waals surface area contributed by atoms with Crippen LogP contribution in [0.5, 0.6) is 0 Å². The van der Waals surface area contributed by atoms with Gasteiger partial charge in [0.25, 0.3) is 0 Å². The number of nitrogens with one attached hydrogen (secondary N) is 3. The lowest BCUT2D eigenvalue weighted by Crippen LogP contribution is -2.48. The summed E-state index contributed by atoms with van der Waals surface area (Å²) in [5, 5.41) is 10.4. The quantitative estimate of drug-likeness (QED) is 0.421. The van der Waals surface area contributed by atoms with Crippen LogP contribution < -0.4 is 16.0 Å². The van der Waals surface area contributed by atoms with Crippen molar-refractivity contribution in [2.75, 3.05) is 20.1 Å². The largest absolute Gasteiger partial charge is 0.355 e. The molecule has 1 fully saturated rings. The van der Waals surface area contributed by atoms with E-state index in [9.17, 15) is 0 Å². The van der Waals surface area contributed by atoms with E-state index in [1.165, 1.54) is 19.3 Å². The number of hydrogen-bond donors (Lipinski definition) is 3. The highest BCUT2D eigenvalue weighted by Gasteiger charge is 2.24. The van der Waals surface area contributed by atoms with E-state index in [4.69, 9.17) is 0 Å². The maximum absolute atomic E-state index is 4.33. The third kappa shape index (κ3) is 7.13. The zero-order valence-electron chi connectivity index (χ0n) is 14.2. The number of guanidine groups is 1. The van der Waals surface area contributed by atoms with E-state index in [0.29, 0.717) is 6.04 Å². The Balaban J connectivity index is 2.29. The van der Waals surface area contributed by atoms with Gasteiger partial charge in [-0.2, -0.15) is 0 Å². The molecule has 0 aromatic carbocycles. The molecule has 0 aromatic heterocycles. The summed E-state index contributed by atoms with van der Waals surface area (Å²) in [6.45, 7) is 13.1. The predicted octanol–water partition coefficient (Wildman–Crippen LogP) is 2.36. The molecule has 0 radical (unpaired) electrons. The predicted molar refractivity (Wildman–Crippen MR) is 88.2 cm³/mol. The molecule has 2 unspecified atom stereocenters. The topological polar surface area (TPSA) is 48.5 Å². The molecule has 0 saturated heterocycles. The average Bonchev–Trinajstić information content (AvgIpc) is 2.30. The van der Waals surface area contributed by atoms with Gasteiger partial charge in [0.15, 0.2) is 5.96 Å². The van der Waals surface area contributed by atoms with E-state index >= 15 is 0 Å². The molecule has 4 heteroatoms. The van der Waals surface area contributed by atoms with Crippen molar-refractivity contribution >= 4 is 5.96 Å². The van der Waals surface area contributed by atoms with Gasteiger partial charge in [0.2, 0.25) is 0 Å². The lowest BCUT2D eigenvalue weighted by atomic mass is 9.80. The van der Waals surface area contributed by atoms with E-state index in [-0.39, 0.29) is 5.54 Å². The summed E-state index contributed by atoms with van der Waals surface area (Å²) in [5.74, 6) is 2.57. The lowest BCUT2D eigenvalue weighted by molar-refractivity contribution is 0.255. The van der Waals surface area contributed by atoms with Gasteiger partial charge >= 0.3 is 0 Å². The van der Waals surface area contributed by atoms with Crippen molar-refractivity contribution in [3.05, 3.63) is 0 Å². The maximum Gasteiger partial charge on any atom is 0.191 e. The summed E-state index contributed by atoms with van der Waals surface area (Å²) in [7, 11) is 1.85. The Morgan fingerprint density at radius 1 is 1.05 bits per heavy atom. The Bertz CT molecular complexity index is 296. The minimum absolute atomic E-state index is 0.173. The van der Waals surface area contributed by atoms with Crippen molar-refractivity contribution in [2.24, 2.45) is 16.8 Å². The fourth-order valence-electron chi connectivity index (χ4n) is 3.07. The SMILES string of the molecule is CN=C(NCCNC(C)(C)C)NC1CC(C)CC(C)C1. The number of nitrogens with zero attached hydrogens (tertiary/aromatic N) is 1. The van der Waals surface area contributed by atoms with Crippen LogP contribution in [-0.4, -0.2) is 37.7 Å². The highest BCUT2D eigenvalue weighted by Crippen LogP contribution is 2.28. The zero-order valence-corrected chi connectivity index (χ0v) is 14.2. The fourth-order valence-corrected chi connectivity index (χ4v) is 3.07. The minimum Gasteiger partial charge on any atom is -0.355 e. The smallest absolute Gasteiger partial charge is 0.191 e. The van der Waals surface area contributed by atoms with E-state index in [0.717, 1.165) is 30.9 Å². The van der Waals surface area contributed by atoms with E-state index in [2.05, 4.69) is 55.6 Å². The highest BCUT2D eigenvalue weighted by atomic mass is 15.2. The molecule has 20 heavy (non-hydrogen) atoms.